The van der Waals surface area contributed by atoms with Crippen LogP contribution in [0.2, 0.25) is 0 Å². The Bertz CT molecular complexity index is 550. The minimum absolute atomic E-state index is 0.0534. The molecule has 0 radical (unpaired) electrons. The Kier molecular flexibility index (Phi) is 1.87. The molecule has 6 nitrogen and oxygen atoms in total. The van der Waals surface area contributed by atoms with Crippen LogP contribution in [-0.4, -0.2) is 19.5 Å². The summed E-state index contributed by atoms with van der Waals surface area (Å²) in [7, 11) is -3.56. The number of carboxylic acid groups (broad SMARTS) is 1. The molecule has 0 spiro atoms. The molecule has 0 aliphatic carbocycles. The zero-order chi connectivity index (χ0) is 11.2. The second-order valence-corrected chi connectivity index (χ2v) is 4.64. The van der Waals surface area contributed by atoms with Gasteiger partial charge in [0.05, 0.1) is 16.9 Å². The first-order chi connectivity index (χ1) is 6.89. The lowest BCUT2D eigenvalue weighted by atomic mass is 10.1. The summed E-state index contributed by atoms with van der Waals surface area (Å²) in [6.07, 6.45) is 0. The average Bonchev–Trinajstić information content (AvgIpc) is 2.39. The van der Waals surface area contributed by atoms with Crippen LogP contribution >= 0.6 is 0 Å². The first-order valence-corrected chi connectivity index (χ1v) is 5.56. The van der Waals surface area contributed by atoms with E-state index in [0.717, 1.165) is 0 Å². The molecule has 3 N–H and O–H groups in total. The number of aryl methyl sites for hydroxylation is 1. The molecule has 0 saturated carbocycles. The van der Waals surface area contributed by atoms with Crippen molar-refractivity contribution >= 4 is 27.6 Å². The summed E-state index contributed by atoms with van der Waals surface area (Å²) in [5.74, 6) is -1.09. The van der Waals surface area contributed by atoms with Gasteiger partial charge in [-0.25, -0.2) is 4.79 Å². The van der Waals surface area contributed by atoms with Gasteiger partial charge in [0.1, 0.15) is 0 Å². The highest BCUT2D eigenvalue weighted by molar-refractivity contribution is 7.94. The van der Waals surface area contributed by atoms with Crippen molar-refractivity contribution in [3.05, 3.63) is 23.3 Å². The highest BCUT2D eigenvalue weighted by atomic mass is 32.2. The zero-order valence-corrected chi connectivity index (χ0v) is 8.55. The first kappa shape index (κ1) is 9.78. The van der Waals surface area contributed by atoms with E-state index in [1.54, 1.807) is 6.92 Å². The van der Waals surface area contributed by atoms with E-state index in [1.165, 1.54) is 12.1 Å². The molecule has 0 aromatic heterocycles. The molecular formula is C8H8N2O4S. The van der Waals surface area contributed by atoms with Gasteiger partial charge in [0.2, 0.25) is 0 Å². The molecule has 80 valence electrons. The van der Waals surface area contributed by atoms with Gasteiger partial charge in [-0.15, -0.1) is 0 Å². The molecule has 0 atom stereocenters. The van der Waals surface area contributed by atoms with E-state index < -0.39 is 16.2 Å². The van der Waals surface area contributed by atoms with E-state index in [1.807, 2.05) is 0 Å². The summed E-state index contributed by atoms with van der Waals surface area (Å²) in [6, 6.07) is 2.69. The summed E-state index contributed by atoms with van der Waals surface area (Å²) in [5.41, 5.74) is 1.29. The number of benzene rings is 1. The summed E-state index contributed by atoms with van der Waals surface area (Å²) in [6.45, 7) is 1.64. The Balaban J connectivity index is 2.61. The molecule has 0 amide bonds. The lowest BCUT2D eigenvalue weighted by Crippen LogP contribution is -2.13. The zero-order valence-electron chi connectivity index (χ0n) is 7.73. The molecule has 2 rings (SSSR count). The van der Waals surface area contributed by atoms with Gasteiger partial charge < -0.3 is 5.11 Å². The highest BCUT2D eigenvalue weighted by Gasteiger charge is 2.25. The smallest absolute Gasteiger partial charge is 0.335 e. The van der Waals surface area contributed by atoms with Crippen molar-refractivity contribution in [1.82, 2.24) is 0 Å². The third-order valence-corrected chi connectivity index (χ3v) is 3.02. The normalized spacial score (nSPS) is 16.3. The molecule has 0 saturated heterocycles. The van der Waals surface area contributed by atoms with Crippen LogP contribution in [0.1, 0.15) is 15.9 Å². The van der Waals surface area contributed by atoms with Gasteiger partial charge in [0.25, 0.3) is 0 Å². The van der Waals surface area contributed by atoms with Crippen LogP contribution in [0.5, 0.6) is 0 Å². The molecule has 1 aromatic rings. The van der Waals surface area contributed by atoms with Crippen LogP contribution in [0.4, 0.5) is 11.4 Å². The molecule has 1 aliphatic heterocycles. The van der Waals surface area contributed by atoms with E-state index in [4.69, 9.17) is 5.11 Å². The number of rotatable bonds is 1. The predicted molar refractivity (Wildman–Crippen MR) is 54.3 cm³/mol. The molecular weight excluding hydrogens is 220 g/mol. The quantitative estimate of drug-likeness (QED) is 0.661. The van der Waals surface area contributed by atoms with Crippen molar-refractivity contribution in [1.29, 1.82) is 0 Å². The molecule has 0 fully saturated rings. The third-order valence-electron chi connectivity index (χ3n) is 2.06. The Morgan fingerprint density at radius 2 is 2.00 bits per heavy atom. The van der Waals surface area contributed by atoms with Gasteiger partial charge in [0, 0.05) is 0 Å². The maximum Gasteiger partial charge on any atom is 0.335 e. The van der Waals surface area contributed by atoms with Crippen molar-refractivity contribution in [3.8, 4) is 0 Å². The van der Waals surface area contributed by atoms with Gasteiger partial charge in [0.15, 0.2) is 0 Å². The summed E-state index contributed by atoms with van der Waals surface area (Å²) in [4.78, 5) is 10.7. The first-order valence-electron chi connectivity index (χ1n) is 4.07. The molecule has 1 heterocycles. The minimum atomic E-state index is -3.56. The van der Waals surface area contributed by atoms with Crippen molar-refractivity contribution < 1.29 is 18.3 Å². The second kappa shape index (κ2) is 2.86. The number of hydrogen-bond acceptors (Lipinski definition) is 3. The molecule has 1 aliphatic rings. The molecule has 15 heavy (non-hydrogen) atoms. The maximum atomic E-state index is 11.2. The lowest BCUT2D eigenvalue weighted by Gasteiger charge is -2.02. The van der Waals surface area contributed by atoms with Crippen LogP contribution in [0.25, 0.3) is 0 Å². The Morgan fingerprint density at radius 1 is 1.33 bits per heavy atom. The number of anilines is 2. The van der Waals surface area contributed by atoms with Gasteiger partial charge in [-0.05, 0) is 24.6 Å². The van der Waals surface area contributed by atoms with Crippen molar-refractivity contribution in [3.63, 3.8) is 0 Å². The van der Waals surface area contributed by atoms with Gasteiger partial charge in [-0.3, -0.25) is 9.44 Å². The number of carboxylic acids is 1. The van der Waals surface area contributed by atoms with E-state index in [-0.39, 0.29) is 11.3 Å². The maximum absolute atomic E-state index is 11.2. The average molecular weight is 228 g/mol. The standard InChI is InChI=1S/C8H8N2O4S/c1-4-2-5(8(11)12)3-6-7(4)10-15(13,14)9-6/h2-3,9-10H,1H3,(H,11,12). The molecule has 7 heteroatoms. The van der Waals surface area contributed by atoms with Crippen molar-refractivity contribution in [2.75, 3.05) is 9.44 Å². The fourth-order valence-electron chi connectivity index (χ4n) is 1.43. The third kappa shape index (κ3) is 1.61. The van der Waals surface area contributed by atoms with Crippen LogP contribution in [-0.2, 0) is 10.2 Å². The Labute approximate surface area is 86.1 Å². The summed E-state index contributed by atoms with van der Waals surface area (Å²) in [5, 5.41) is 8.77. The number of nitrogens with one attached hydrogen (secondary N) is 2. The fraction of sp³-hybridized carbons (Fsp3) is 0.125. The number of aromatic carboxylic acids is 1. The van der Waals surface area contributed by atoms with Crippen molar-refractivity contribution in [2.45, 2.75) is 6.92 Å². The predicted octanol–water partition coefficient (Wildman–Crippen LogP) is 0.775. The largest absolute Gasteiger partial charge is 0.478 e. The SMILES string of the molecule is Cc1cc(C(=O)O)cc2c1NS(=O)(=O)N2. The van der Waals surface area contributed by atoms with Crippen LogP contribution in [0.15, 0.2) is 12.1 Å². The minimum Gasteiger partial charge on any atom is -0.478 e. The van der Waals surface area contributed by atoms with Crippen LogP contribution < -0.4 is 9.44 Å². The van der Waals surface area contributed by atoms with Crippen LogP contribution in [0, 0.1) is 6.92 Å². The lowest BCUT2D eigenvalue weighted by molar-refractivity contribution is 0.0697. The highest BCUT2D eigenvalue weighted by Crippen LogP contribution is 2.34. The van der Waals surface area contributed by atoms with Crippen molar-refractivity contribution in [2.24, 2.45) is 0 Å². The van der Waals surface area contributed by atoms with Gasteiger partial charge >= 0.3 is 16.2 Å². The Morgan fingerprint density at radius 3 is 2.60 bits per heavy atom. The molecule has 0 bridgehead atoms. The van der Waals surface area contributed by atoms with E-state index in [2.05, 4.69) is 9.44 Å². The molecule has 1 aromatic carbocycles. The van der Waals surface area contributed by atoms with Crippen LogP contribution in [0.3, 0.4) is 0 Å². The number of carbonyl (C=O) groups is 1. The second-order valence-electron chi connectivity index (χ2n) is 3.23. The number of hydrogen-bond donors (Lipinski definition) is 3. The van der Waals surface area contributed by atoms with Gasteiger partial charge in [-0.1, -0.05) is 0 Å². The van der Waals surface area contributed by atoms with E-state index in [9.17, 15) is 13.2 Å². The molecule has 0 unspecified atom stereocenters. The monoisotopic (exact) mass is 228 g/mol. The van der Waals surface area contributed by atoms with E-state index >= 15 is 0 Å². The van der Waals surface area contributed by atoms with Gasteiger partial charge in [-0.2, -0.15) is 8.42 Å². The number of fused-ring (bicyclic) bond motifs is 1. The summed E-state index contributed by atoms with van der Waals surface area (Å²) < 4.78 is 26.8. The topological polar surface area (TPSA) is 95.5 Å². The van der Waals surface area contributed by atoms with E-state index in [0.29, 0.717) is 11.3 Å². The Hall–Kier alpha value is -1.76. The fourth-order valence-corrected chi connectivity index (χ4v) is 2.47. The summed E-state index contributed by atoms with van der Waals surface area (Å²) >= 11 is 0.